The Morgan fingerprint density at radius 3 is 2.68 bits per heavy atom. The second kappa shape index (κ2) is 5.87. The largest absolute Gasteiger partial charge is 0.478 e. The summed E-state index contributed by atoms with van der Waals surface area (Å²) in [7, 11) is 0. The van der Waals surface area contributed by atoms with Crippen molar-refractivity contribution in [3.63, 3.8) is 0 Å². The highest BCUT2D eigenvalue weighted by Crippen LogP contribution is 2.33. The number of hydrogen-bond donors (Lipinski definition) is 1. The lowest BCUT2D eigenvalue weighted by molar-refractivity contribution is 0.0693. The summed E-state index contributed by atoms with van der Waals surface area (Å²) in [5, 5.41) is 9.49. The van der Waals surface area contributed by atoms with Crippen LogP contribution in [0, 0.1) is 11.8 Å². The van der Waals surface area contributed by atoms with Gasteiger partial charge in [-0.3, -0.25) is 0 Å². The van der Waals surface area contributed by atoms with E-state index < -0.39 is 5.97 Å². The second-order valence-electron chi connectivity index (χ2n) is 5.35. The number of carboxylic acid groups (broad SMARTS) is 1. The first kappa shape index (κ1) is 14.3. The van der Waals surface area contributed by atoms with E-state index in [0.29, 0.717) is 17.4 Å². The van der Waals surface area contributed by atoms with Gasteiger partial charge in [0.25, 0.3) is 0 Å². The summed E-state index contributed by atoms with van der Waals surface area (Å²) in [6, 6.07) is 5.77. The third-order valence-electron chi connectivity index (χ3n) is 4.11. The molecule has 1 fully saturated rings. The maximum absolute atomic E-state index is 11.5. The first-order chi connectivity index (χ1) is 9.04. The molecule has 1 heterocycles. The molecule has 3 nitrogen and oxygen atoms in total. The normalized spacial score (nSPS) is 23.4. The molecule has 2 atom stereocenters. The van der Waals surface area contributed by atoms with E-state index in [1.807, 2.05) is 24.5 Å². The molecule has 1 aromatic carbocycles. The molecule has 0 aromatic heterocycles. The third-order valence-corrected chi connectivity index (χ3v) is 4.89. The van der Waals surface area contributed by atoms with Crippen molar-refractivity contribution >= 4 is 23.4 Å². The number of benzene rings is 1. The maximum atomic E-state index is 11.5. The molecule has 1 aliphatic heterocycles. The summed E-state index contributed by atoms with van der Waals surface area (Å²) < 4.78 is 0. The van der Waals surface area contributed by atoms with Crippen LogP contribution >= 0.6 is 11.8 Å². The fraction of sp³-hybridized carbons (Fsp3) is 0.533. The van der Waals surface area contributed by atoms with Gasteiger partial charge < -0.3 is 10.0 Å². The molecule has 0 bridgehead atoms. The van der Waals surface area contributed by atoms with Gasteiger partial charge in [0.15, 0.2) is 0 Å². The van der Waals surface area contributed by atoms with Crippen molar-refractivity contribution in [1.82, 2.24) is 0 Å². The van der Waals surface area contributed by atoms with Crippen molar-refractivity contribution in [2.75, 3.05) is 24.2 Å². The average molecular weight is 279 g/mol. The molecule has 0 aliphatic carbocycles. The average Bonchev–Trinajstić information content (AvgIpc) is 2.40. The smallest absolute Gasteiger partial charge is 0.338 e. The van der Waals surface area contributed by atoms with Crippen LogP contribution in [0.25, 0.3) is 0 Å². The van der Waals surface area contributed by atoms with E-state index in [9.17, 15) is 9.90 Å². The molecule has 0 saturated carbocycles. The number of carbonyl (C=O) groups is 1. The van der Waals surface area contributed by atoms with E-state index in [1.165, 1.54) is 11.8 Å². The standard InChI is InChI=1S/C15H21NO2S/c1-10-7-8-16(9-11(10)2)12-5-4-6-13(19-3)14(12)15(17)18/h4-6,10-11H,7-9H2,1-3H3,(H,17,18). The summed E-state index contributed by atoms with van der Waals surface area (Å²) in [5.74, 6) is 0.493. The van der Waals surface area contributed by atoms with Gasteiger partial charge in [0, 0.05) is 18.0 Å². The lowest BCUT2D eigenvalue weighted by Gasteiger charge is -2.37. The summed E-state index contributed by atoms with van der Waals surface area (Å²) in [6.45, 7) is 6.41. The number of carboxylic acids is 1. The highest BCUT2D eigenvalue weighted by Gasteiger charge is 2.26. The lowest BCUT2D eigenvalue weighted by atomic mass is 9.88. The summed E-state index contributed by atoms with van der Waals surface area (Å²) in [4.78, 5) is 14.6. The van der Waals surface area contributed by atoms with Gasteiger partial charge in [0.1, 0.15) is 0 Å². The van der Waals surface area contributed by atoms with Crippen LogP contribution in [0.1, 0.15) is 30.6 Å². The van der Waals surface area contributed by atoms with Gasteiger partial charge in [0.2, 0.25) is 0 Å². The van der Waals surface area contributed by atoms with Gasteiger partial charge in [0.05, 0.1) is 11.3 Å². The predicted octanol–water partition coefficient (Wildman–Crippen LogP) is 3.59. The molecule has 1 N–H and O–H groups in total. The van der Waals surface area contributed by atoms with E-state index >= 15 is 0 Å². The lowest BCUT2D eigenvalue weighted by Crippen LogP contribution is -2.39. The number of nitrogens with zero attached hydrogens (tertiary/aromatic N) is 1. The number of hydrogen-bond acceptors (Lipinski definition) is 3. The van der Waals surface area contributed by atoms with Crippen molar-refractivity contribution in [2.45, 2.75) is 25.2 Å². The third kappa shape index (κ3) is 2.89. The van der Waals surface area contributed by atoms with E-state index in [-0.39, 0.29) is 0 Å². The van der Waals surface area contributed by atoms with Gasteiger partial charge in [-0.1, -0.05) is 19.9 Å². The summed E-state index contributed by atoms with van der Waals surface area (Å²) in [6.07, 6.45) is 3.05. The highest BCUT2D eigenvalue weighted by molar-refractivity contribution is 7.98. The molecule has 0 amide bonds. The number of anilines is 1. The Hall–Kier alpha value is -1.16. The fourth-order valence-electron chi connectivity index (χ4n) is 2.65. The molecular formula is C15H21NO2S. The van der Waals surface area contributed by atoms with Crippen molar-refractivity contribution in [2.24, 2.45) is 11.8 Å². The zero-order chi connectivity index (χ0) is 14.0. The Morgan fingerprint density at radius 2 is 2.11 bits per heavy atom. The Morgan fingerprint density at radius 1 is 1.37 bits per heavy atom. The molecular weight excluding hydrogens is 258 g/mol. The molecule has 0 radical (unpaired) electrons. The Kier molecular flexibility index (Phi) is 4.40. The zero-order valence-corrected chi connectivity index (χ0v) is 12.5. The summed E-state index contributed by atoms with van der Waals surface area (Å²) >= 11 is 1.50. The zero-order valence-electron chi connectivity index (χ0n) is 11.7. The maximum Gasteiger partial charge on any atom is 0.338 e. The van der Waals surface area contributed by atoms with Crippen LogP contribution in [0.15, 0.2) is 23.1 Å². The molecule has 1 aliphatic rings. The number of aromatic carboxylic acids is 1. The summed E-state index contributed by atoms with van der Waals surface area (Å²) in [5.41, 5.74) is 1.33. The topological polar surface area (TPSA) is 40.5 Å². The monoisotopic (exact) mass is 279 g/mol. The van der Waals surface area contributed by atoms with E-state index in [4.69, 9.17) is 0 Å². The van der Waals surface area contributed by atoms with Gasteiger partial charge >= 0.3 is 5.97 Å². The minimum atomic E-state index is -0.828. The van der Waals surface area contributed by atoms with Crippen molar-refractivity contribution < 1.29 is 9.90 Å². The van der Waals surface area contributed by atoms with Crippen LogP contribution in [0.3, 0.4) is 0 Å². The van der Waals surface area contributed by atoms with Crippen LogP contribution in [0.5, 0.6) is 0 Å². The predicted molar refractivity (Wildman–Crippen MR) is 80.3 cm³/mol. The SMILES string of the molecule is CSc1cccc(N2CCC(C)C(C)C2)c1C(=O)O. The quantitative estimate of drug-likeness (QED) is 0.858. The van der Waals surface area contributed by atoms with Crippen molar-refractivity contribution in [3.8, 4) is 0 Å². The minimum absolute atomic E-state index is 0.455. The van der Waals surface area contributed by atoms with Crippen molar-refractivity contribution in [1.29, 1.82) is 0 Å². The molecule has 1 saturated heterocycles. The van der Waals surface area contributed by atoms with E-state index in [2.05, 4.69) is 18.7 Å². The van der Waals surface area contributed by atoms with E-state index in [1.54, 1.807) is 0 Å². The van der Waals surface area contributed by atoms with E-state index in [0.717, 1.165) is 30.1 Å². The van der Waals surface area contributed by atoms with Crippen molar-refractivity contribution in [3.05, 3.63) is 23.8 Å². The number of rotatable bonds is 3. The first-order valence-electron chi connectivity index (χ1n) is 6.69. The molecule has 4 heteroatoms. The number of thioether (sulfide) groups is 1. The van der Waals surface area contributed by atoms with Crippen LogP contribution in [-0.4, -0.2) is 30.4 Å². The Balaban J connectivity index is 2.37. The Bertz CT molecular complexity index is 475. The molecule has 0 spiro atoms. The van der Waals surface area contributed by atoms with Crippen LogP contribution in [-0.2, 0) is 0 Å². The van der Waals surface area contributed by atoms with Gasteiger partial charge in [-0.15, -0.1) is 11.8 Å². The molecule has 19 heavy (non-hydrogen) atoms. The fourth-order valence-corrected chi connectivity index (χ4v) is 3.26. The molecule has 2 rings (SSSR count). The molecule has 104 valence electrons. The van der Waals surface area contributed by atoms with Crippen LogP contribution in [0.2, 0.25) is 0 Å². The highest BCUT2D eigenvalue weighted by atomic mass is 32.2. The van der Waals surface area contributed by atoms with Crippen LogP contribution < -0.4 is 4.90 Å². The minimum Gasteiger partial charge on any atom is -0.478 e. The second-order valence-corrected chi connectivity index (χ2v) is 6.20. The van der Waals surface area contributed by atoms with Gasteiger partial charge in [-0.05, 0) is 36.6 Å². The number of piperidine rings is 1. The van der Waals surface area contributed by atoms with Crippen LogP contribution in [0.4, 0.5) is 5.69 Å². The van der Waals surface area contributed by atoms with Gasteiger partial charge in [-0.2, -0.15) is 0 Å². The van der Waals surface area contributed by atoms with Gasteiger partial charge in [-0.25, -0.2) is 4.79 Å². The molecule has 1 aromatic rings. The molecule has 2 unspecified atom stereocenters. The Labute approximate surface area is 119 Å². The first-order valence-corrected chi connectivity index (χ1v) is 7.92.